The number of ether oxygens (including phenoxy) is 1. The van der Waals surface area contributed by atoms with Crippen molar-refractivity contribution in [1.82, 2.24) is 0 Å². The van der Waals surface area contributed by atoms with Crippen LogP contribution in [-0.2, 0) is 14.3 Å². The second-order valence-electron chi connectivity index (χ2n) is 7.39. The quantitative estimate of drug-likeness (QED) is 0.383. The highest BCUT2D eigenvalue weighted by atomic mass is 16.5. The van der Waals surface area contributed by atoms with Crippen molar-refractivity contribution in [1.29, 1.82) is 0 Å². The van der Waals surface area contributed by atoms with Crippen LogP contribution in [0.3, 0.4) is 0 Å². The SMILES string of the molecule is CCC(C)(C)C1CCC(CCCCOC(=O)/C=C/C(=O)O)CC1. The summed E-state index contributed by atoms with van der Waals surface area (Å²) in [5.74, 6) is -0.0225. The Kier molecular flexibility index (Phi) is 8.35. The molecule has 1 saturated carbocycles. The van der Waals surface area contributed by atoms with Gasteiger partial charge in [-0.05, 0) is 42.9 Å². The number of carbonyl (C=O) groups excluding carboxylic acids is 1. The Balaban J connectivity index is 2.10. The van der Waals surface area contributed by atoms with Gasteiger partial charge in [-0.3, -0.25) is 0 Å². The summed E-state index contributed by atoms with van der Waals surface area (Å²) < 4.78 is 4.97. The predicted octanol–water partition coefficient (Wildman–Crippen LogP) is 4.58. The first kappa shape index (κ1) is 19.7. The fraction of sp³-hybridized carbons (Fsp3) is 0.789. The van der Waals surface area contributed by atoms with Gasteiger partial charge in [-0.25, -0.2) is 9.59 Å². The number of carboxylic acids is 1. The van der Waals surface area contributed by atoms with Gasteiger partial charge in [0.05, 0.1) is 6.61 Å². The second kappa shape index (κ2) is 9.74. The molecular formula is C19H32O4. The molecule has 1 aliphatic rings. The molecule has 0 aromatic heterocycles. The third kappa shape index (κ3) is 7.67. The van der Waals surface area contributed by atoms with E-state index in [4.69, 9.17) is 9.84 Å². The molecule has 0 unspecified atom stereocenters. The van der Waals surface area contributed by atoms with Crippen LogP contribution in [0.1, 0.15) is 72.1 Å². The van der Waals surface area contributed by atoms with Crippen LogP contribution in [0.5, 0.6) is 0 Å². The molecule has 132 valence electrons. The van der Waals surface area contributed by atoms with Gasteiger partial charge in [0.1, 0.15) is 0 Å². The number of rotatable bonds is 9. The molecule has 23 heavy (non-hydrogen) atoms. The van der Waals surface area contributed by atoms with Crippen molar-refractivity contribution in [3.8, 4) is 0 Å². The molecule has 0 aliphatic heterocycles. The maximum absolute atomic E-state index is 11.2. The average Bonchev–Trinajstić information content (AvgIpc) is 2.53. The Morgan fingerprint density at radius 1 is 1.13 bits per heavy atom. The van der Waals surface area contributed by atoms with Crippen LogP contribution in [0, 0.1) is 17.3 Å². The minimum Gasteiger partial charge on any atom is -0.478 e. The van der Waals surface area contributed by atoms with Gasteiger partial charge in [0, 0.05) is 12.2 Å². The number of carboxylic acid groups (broad SMARTS) is 1. The van der Waals surface area contributed by atoms with Crippen LogP contribution in [-0.4, -0.2) is 23.7 Å². The van der Waals surface area contributed by atoms with Crippen LogP contribution in [0.4, 0.5) is 0 Å². The van der Waals surface area contributed by atoms with E-state index in [1.54, 1.807) is 0 Å². The second-order valence-corrected chi connectivity index (χ2v) is 7.39. The van der Waals surface area contributed by atoms with Crippen molar-refractivity contribution in [2.75, 3.05) is 6.61 Å². The summed E-state index contributed by atoms with van der Waals surface area (Å²) >= 11 is 0. The largest absolute Gasteiger partial charge is 0.478 e. The highest BCUT2D eigenvalue weighted by Crippen LogP contribution is 2.43. The van der Waals surface area contributed by atoms with Crippen molar-refractivity contribution in [2.45, 2.75) is 72.1 Å². The Bertz CT molecular complexity index is 404. The van der Waals surface area contributed by atoms with E-state index < -0.39 is 11.9 Å². The smallest absolute Gasteiger partial charge is 0.331 e. The first-order valence-electron chi connectivity index (χ1n) is 8.93. The number of unbranched alkanes of at least 4 members (excludes halogenated alkanes) is 1. The summed E-state index contributed by atoms with van der Waals surface area (Å²) in [6.45, 7) is 7.45. The normalized spacial score (nSPS) is 22.2. The first-order valence-corrected chi connectivity index (χ1v) is 8.93. The van der Waals surface area contributed by atoms with Gasteiger partial charge in [-0.1, -0.05) is 46.5 Å². The lowest BCUT2D eigenvalue weighted by molar-refractivity contribution is -0.138. The minimum absolute atomic E-state index is 0.376. The molecule has 0 atom stereocenters. The Morgan fingerprint density at radius 2 is 1.78 bits per heavy atom. The molecule has 4 heteroatoms. The topological polar surface area (TPSA) is 63.6 Å². The molecule has 0 bridgehead atoms. The van der Waals surface area contributed by atoms with Gasteiger partial charge >= 0.3 is 11.9 Å². The van der Waals surface area contributed by atoms with E-state index in [9.17, 15) is 9.59 Å². The molecule has 0 spiro atoms. The van der Waals surface area contributed by atoms with Crippen molar-refractivity contribution < 1.29 is 19.4 Å². The highest BCUT2D eigenvalue weighted by Gasteiger charge is 2.31. The number of hydrogen-bond donors (Lipinski definition) is 1. The molecule has 1 rings (SSSR count). The van der Waals surface area contributed by atoms with Crippen LogP contribution in [0.2, 0.25) is 0 Å². The number of esters is 1. The van der Waals surface area contributed by atoms with Gasteiger partial charge in [0.15, 0.2) is 0 Å². The molecule has 1 N–H and O–H groups in total. The van der Waals surface area contributed by atoms with Crippen LogP contribution in [0.25, 0.3) is 0 Å². The Hall–Kier alpha value is -1.32. The van der Waals surface area contributed by atoms with E-state index in [-0.39, 0.29) is 0 Å². The fourth-order valence-electron chi connectivity index (χ4n) is 3.42. The average molecular weight is 324 g/mol. The molecule has 0 radical (unpaired) electrons. The van der Waals surface area contributed by atoms with E-state index in [0.717, 1.165) is 36.8 Å². The van der Waals surface area contributed by atoms with Gasteiger partial charge < -0.3 is 9.84 Å². The maximum atomic E-state index is 11.2. The van der Waals surface area contributed by atoms with Crippen molar-refractivity contribution in [3.05, 3.63) is 12.2 Å². The van der Waals surface area contributed by atoms with Crippen LogP contribution >= 0.6 is 0 Å². The molecule has 0 aromatic rings. The molecular weight excluding hydrogens is 292 g/mol. The molecule has 0 aromatic carbocycles. The molecule has 4 nitrogen and oxygen atoms in total. The summed E-state index contributed by atoms with van der Waals surface area (Å²) in [5.41, 5.74) is 0.475. The third-order valence-corrected chi connectivity index (χ3v) is 5.48. The number of hydrogen-bond acceptors (Lipinski definition) is 3. The summed E-state index contributed by atoms with van der Waals surface area (Å²) in [6, 6.07) is 0. The molecule has 1 aliphatic carbocycles. The van der Waals surface area contributed by atoms with Crippen LogP contribution in [0.15, 0.2) is 12.2 Å². The van der Waals surface area contributed by atoms with Crippen molar-refractivity contribution in [2.24, 2.45) is 17.3 Å². The molecule has 1 fully saturated rings. The lowest BCUT2D eigenvalue weighted by Gasteiger charge is -2.39. The molecule has 0 amide bonds. The summed E-state index contributed by atoms with van der Waals surface area (Å²) in [4.78, 5) is 21.5. The summed E-state index contributed by atoms with van der Waals surface area (Å²) in [7, 11) is 0. The zero-order chi connectivity index (χ0) is 17.3. The van der Waals surface area contributed by atoms with E-state index in [2.05, 4.69) is 20.8 Å². The highest BCUT2D eigenvalue weighted by molar-refractivity contribution is 5.90. The molecule has 0 saturated heterocycles. The lowest BCUT2D eigenvalue weighted by atomic mass is 9.67. The zero-order valence-electron chi connectivity index (χ0n) is 14.8. The zero-order valence-corrected chi connectivity index (χ0v) is 14.8. The van der Waals surface area contributed by atoms with Gasteiger partial charge in [0.25, 0.3) is 0 Å². The third-order valence-electron chi connectivity index (χ3n) is 5.48. The first-order chi connectivity index (χ1) is 10.8. The fourth-order valence-corrected chi connectivity index (χ4v) is 3.42. The summed E-state index contributed by atoms with van der Waals surface area (Å²) in [6.07, 6.45) is 11.5. The van der Waals surface area contributed by atoms with Gasteiger partial charge in [-0.15, -0.1) is 0 Å². The standard InChI is InChI=1S/C19H32O4/c1-4-19(2,3)16-10-8-15(9-11-16)7-5-6-14-23-18(22)13-12-17(20)21/h12-13,15-16H,4-11,14H2,1-3H3,(H,20,21)/b13-12+. The van der Waals surface area contributed by atoms with Gasteiger partial charge in [0.2, 0.25) is 0 Å². The monoisotopic (exact) mass is 324 g/mol. The van der Waals surface area contributed by atoms with E-state index in [0.29, 0.717) is 12.0 Å². The van der Waals surface area contributed by atoms with E-state index >= 15 is 0 Å². The lowest BCUT2D eigenvalue weighted by Crippen LogP contribution is -2.27. The maximum Gasteiger partial charge on any atom is 0.331 e. The van der Waals surface area contributed by atoms with Crippen molar-refractivity contribution >= 4 is 11.9 Å². The molecule has 0 heterocycles. The summed E-state index contributed by atoms with van der Waals surface area (Å²) in [5, 5.41) is 8.41. The van der Waals surface area contributed by atoms with Crippen molar-refractivity contribution in [3.63, 3.8) is 0 Å². The minimum atomic E-state index is -1.14. The number of carbonyl (C=O) groups is 2. The van der Waals surface area contributed by atoms with E-state index in [1.807, 2.05) is 0 Å². The van der Waals surface area contributed by atoms with E-state index in [1.165, 1.54) is 38.5 Å². The Morgan fingerprint density at radius 3 is 2.35 bits per heavy atom. The Labute approximate surface area is 140 Å². The predicted molar refractivity (Wildman–Crippen MR) is 91.1 cm³/mol. The van der Waals surface area contributed by atoms with Gasteiger partial charge in [-0.2, -0.15) is 0 Å². The van der Waals surface area contributed by atoms with Crippen LogP contribution < -0.4 is 0 Å². The number of aliphatic carboxylic acids is 1.